The van der Waals surface area contributed by atoms with E-state index in [0.717, 1.165) is 11.1 Å². The molecule has 1 heterocycles. The number of halogens is 1. The summed E-state index contributed by atoms with van der Waals surface area (Å²) in [7, 11) is 0. The van der Waals surface area contributed by atoms with Gasteiger partial charge in [0.05, 0.1) is 0 Å². The van der Waals surface area contributed by atoms with Crippen LogP contribution < -0.4 is 5.32 Å². The van der Waals surface area contributed by atoms with Crippen molar-refractivity contribution >= 4 is 5.91 Å². The van der Waals surface area contributed by atoms with Crippen LogP contribution in [0.4, 0.5) is 4.39 Å². The number of hydrogen-bond acceptors (Lipinski definition) is 4. The lowest BCUT2D eigenvalue weighted by molar-refractivity contribution is -0.121. The molecule has 0 unspecified atom stereocenters. The highest BCUT2D eigenvalue weighted by atomic mass is 19.1. The Morgan fingerprint density at radius 1 is 1.20 bits per heavy atom. The Hall–Kier alpha value is -3.02. The summed E-state index contributed by atoms with van der Waals surface area (Å²) in [6, 6.07) is 14.1. The van der Waals surface area contributed by atoms with Crippen molar-refractivity contribution in [3.63, 3.8) is 0 Å². The fraction of sp³-hybridized carbons (Fsp3) is 0.211. The maximum absolute atomic E-state index is 13.5. The Kier molecular flexibility index (Phi) is 5.18. The normalized spacial score (nSPS) is 10.6. The third kappa shape index (κ3) is 4.50. The second kappa shape index (κ2) is 7.70. The molecule has 5 nitrogen and oxygen atoms in total. The van der Waals surface area contributed by atoms with Crippen LogP contribution in [-0.2, 0) is 17.8 Å². The number of aryl methyl sites for hydroxylation is 2. The molecule has 0 aliphatic carbocycles. The predicted molar refractivity (Wildman–Crippen MR) is 91.0 cm³/mol. The van der Waals surface area contributed by atoms with Gasteiger partial charge in [-0.15, -0.1) is 0 Å². The van der Waals surface area contributed by atoms with Crippen LogP contribution in [0, 0.1) is 12.7 Å². The van der Waals surface area contributed by atoms with E-state index < -0.39 is 0 Å². The highest BCUT2D eigenvalue weighted by Gasteiger charge is 2.11. The molecule has 128 valence electrons. The number of benzene rings is 2. The molecule has 0 saturated heterocycles. The van der Waals surface area contributed by atoms with Crippen molar-refractivity contribution in [2.24, 2.45) is 0 Å². The molecule has 1 amide bonds. The fourth-order valence-corrected chi connectivity index (χ4v) is 2.40. The second-order valence-corrected chi connectivity index (χ2v) is 5.75. The average molecular weight is 339 g/mol. The third-order valence-corrected chi connectivity index (χ3v) is 3.74. The smallest absolute Gasteiger partial charge is 0.227 e. The first-order chi connectivity index (χ1) is 12.1. The molecular formula is C19H18FN3O2. The number of nitrogens with one attached hydrogen (secondary N) is 1. The van der Waals surface area contributed by atoms with E-state index in [1.807, 2.05) is 31.2 Å². The SMILES string of the molecule is Cc1cccc(-c2noc(CCC(=O)NCc3ccccc3F)n2)c1. The van der Waals surface area contributed by atoms with Crippen molar-refractivity contribution in [1.29, 1.82) is 0 Å². The Bertz CT molecular complexity index is 876. The zero-order valence-electron chi connectivity index (χ0n) is 13.8. The molecule has 0 fully saturated rings. The summed E-state index contributed by atoms with van der Waals surface area (Å²) in [5.41, 5.74) is 2.44. The molecule has 25 heavy (non-hydrogen) atoms. The molecule has 0 aliphatic heterocycles. The molecule has 0 bridgehead atoms. The van der Waals surface area contributed by atoms with Gasteiger partial charge >= 0.3 is 0 Å². The van der Waals surface area contributed by atoms with E-state index in [0.29, 0.717) is 23.7 Å². The first-order valence-electron chi connectivity index (χ1n) is 8.01. The van der Waals surface area contributed by atoms with Crippen molar-refractivity contribution in [2.45, 2.75) is 26.3 Å². The standard InChI is InChI=1S/C19H18FN3O2/c1-13-5-4-7-14(11-13)19-22-18(25-23-19)10-9-17(24)21-12-15-6-2-3-8-16(15)20/h2-8,11H,9-10,12H2,1H3,(H,21,24). The molecule has 3 aromatic rings. The predicted octanol–water partition coefficient (Wildman–Crippen LogP) is 3.43. The minimum atomic E-state index is -0.331. The molecule has 6 heteroatoms. The molecule has 3 rings (SSSR count). The van der Waals surface area contributed by atoms with Gasteiger partial charge in [-0.05, 0) is 19.1 Å². The number of hydrogen-bond donors (Lipinski definition) is 1. The van der Waals surface area contributed by atoms with Gasteiger partial charge in [0.2, 0.25) is 17.6 Å². The van der Waals surface area contributed by atoms with Crippen molar-refractivity contribution in [3.8, 4) is 11.4 Å². The van der Waals surface area contributed by atoms with Crippen molar-refractivity contribution in [2.75, 3.05) is 0 Å². The van der Waals surface area contributed by atoms with Crippen LogP contribution >= 0.6 is 0 Å². The summed E-state index contributed by atoms with van der Waals surface area (Å²) in [5.74, 6) is 0.379. The highest BCUT2D eigenvalue weighted by Crippen LogP contribution is 2.17. The van der Waals surface area contributed by atoms with Gasteiger partial charge in [-0.3, -0.25) is 4.79 Å². The maximum atomic E-state index is 13.5. The monoisotopic (exact) mass is 339 g/mol. The van der Waals surface area contributed by atoms with Crippen molar-refractivity contribution < 1.29 is 13.7 Å². The number of nitrogens with zero attached hydrogens (tertiary/aromatic N) is 2. The molecule has 1 N–H and O–H groups in total. The first-order valence-corrected chi connectivity index (χ1v) is 8.01. The van der Waals surface area contributed by atoms with Crippen LogP contribution in [0.2, 0.25) is 0 Å². The minimum absolute atomic E-state index is 0.157. The number of rotatable bonds is 6. The van der Waals surface area contributed by atoms with Gasteiger partial charge in [0, 0.05) is 30.5 Å². The Morgan fingerprint density at radius 3 is 2.84 bits per heavy atom. The molecule has 0 atom stereocenters. The van der Waals surface area contributed by atoms with Crippen LogP contribution in [0.5, 0.6) is 0 Å². The zero-order valence-corrected chi connectivity index (χ0v) is 13.8. The van der Waals surface area contributed by atoms with Gasteiger partial charge in [-0.25, -0.2) is 4.39 Å². The number of carbonyl (C=O) groups is 1. The minimum Gasteiger partial charge on any atom is -0.352 e. The number of carbonyl (C=O) groups excluding carboxylic acids is 1. The van der Waals surface area contributed by atoms with Crippen LogP contribution in [0.15, 0.2) is 53.1 Å². The Morgan fingerprint density at radius 2 is 2.04 bits per heavy atom. The lowest BCUT2D eigenvalue weighted by Crippen LogP contribution is -2.23. The van der Waals surface area contributed by atoms with Gasteiger partial charge in [0.15, 0.2) is 0 Å². The fourth-order valence-electron chi connectivity index (χ4n) is 2.40. The van der Waals surface area contributed by atoms with Crippen molar-refractivity contribution in [3.05, 3.63) is 71.4 Å². The van der Waals surface area contributed by atoms with Gasteiger partial charge < -0.3 is 9.84 Å². The van der Waals surface area contributed by atoms with Gasteiger partial charge in [-0.1, -0.05) is 47.1 Å². The number of amides is 1. The Labute approximate surface area is 144 Å². The summed E-state index contributed by atoms with van der Waals surface area (Å²) in [4.78, 5) is 16.2. The first kappa shape index (κ1) is 16.8. The molecule has 2 aromatic carbocycles. The lowest BCUT2D eigenvalue weighted by Gasteiger charge is -2.05. The van der Waals surface area contributed by atoms with Crippen LogP contribution in [0.25, 0.3) is 11.4 Å². The van der Waals surface area contributed by atoms with E-state index in [9.17, 15) is 9.18 Å². The van der Waals surface area contributed by atoms with Gasteiger partial charge in [0.1, 0.15) is 5.82 Å². The topological polar surface area (TPSA) is 68.0 Å². The van der Waals surface area contributed by atoms with E-state index in [1.54, 1.807) is 18.2 Å². The van der Waals surface area contributed by atoms with Crippen LogP contribution in [-0.4, -0.2) is 16.0 Å². The largest absolute Gasteiger partial charge is 0.352 e. The van der Waals surface area contributed by atoms with E-state index in [4.69, 9.17) is 4.52 Å². The lowest BCUT2D eigenvalue weighted by atomic mass is 10.1. The Balaban J connectivity index is 1.52. The average Bonchev–Trinajstić information content (AvgIpc) is 3.08. The summed E-state index contributed by atoms with van der Waals surface area (Å²) in [5, 5.41) is 6.63. The highest BCUT2D eigenvalue weighted by molar-refractivity contribution is 5.76. The third-order valence-electron chi connectivity index (χ3n) is 3.74. The summed E-state index contributed by atoms with van der Waals surface area (Å²) in [6.45, 7) is 2.15. The summed E-state index contributed by atoms with van der Waals surface area (Å²) < 4.78 is 18.7. The maximum Gasteiger partial charge on any atom is 0.227 e. The van der Waals surface area contributed by atoms with Gasteiger partial charge in [0.25, 0.3) is 0 Å². The van der Waals surface area contributed by atoms with Crippen LogP contribution in [0.1, 0.15) is 23.4 Å². The number of aromatic nitrogens is 2. The summed E-state index contributed by atoms with van der Waals surface area (Å²) in [6.07, 6.45) is 0.534. The molecule has 0 spiro atoms. The molecular weight excluding hydrogens is 321 g/mol. The van der Waals surface area contributed by atoms with Crippen molar-refractivity contribution in [1.82, 2.24) is 15.5 Å². The molecule has 0 aliphatic rings. The van der Waals surface area contributed by atoms with E-state index >= 15 is 0 Å². The molecule has 0 radical (unpaired) electrons. The van der Waals surface area contributed by atoms with E-state index in [1.165, 1.54) is 6.07 Å². The summed E-state index contributed by atoms with van der Waals surface area (Å²) >= 11 is 0. The van der Waals surface area contributed by atoms with Crippen LogP contribution in [0.3, 0.4) is 0 Å². The molecule has 0 saturated carbocycles. The quantitative estimate of drug-likeness (QED) is 0.747. The molecule has 1 aromatic heterocycles. The van der Waals surface area contributed by atoms with Gasteiger partial charge in [-0.2, -0.15) is 4.98 Å². The van der Waals surface area contributed by atoms with E-state index in [-0.39, 0.29) is 24.7 Å². The second-order valence-electron chi connectivity index (χ2n) is 5.75. The zero-order chi connectivity index (χ0) is 17.6. The van der Waals surface area contributed by atoms with E-state index in [2.05, 4.69) is 15.5 Å².